The molecule has 2 aromatic carbocycles. The fourth-order valence-corrected chi connectivity index (χ4v) is 3.51. The molecule has 0 saturated carbocycles. The van der Waals surface area contributed by atoms with Gasteiger partial charge in [0, 0.05) is 6.54 Å². The molecule has 0 amide bonds. The van der Waals surface area contributed by atoms with Crippen LogP contribution in [0.3, 0.4) is 0 Å². The van der Waals surface area contributed by atoms with E-state index in [2.05, 4.69) is 4.72 Å². The maximum atomic E-state index is 13.6. The summed E-state index contributed by atoms with van der Waals surface area (Å²) in [6, 6.07) is 7.06. The first-order valence-electron chi connectivity index (χ1n) is 7.39. The second-order valence-corrected chi connectivity index (χ2v) is 7.13. The third-order valence-electron chi connectivity index (χ3n) is 3.67. The highest BCUT2D eigenvalue weighted by molar-refractivity contribution is 7.89. The summed E-state index contributed by atoms with van der Waals surface area (Å²) in [6.07, 6.45) is -0.926. The van der Waals surface area contributed by atoms with Crippen LogP contribution in [0, 0.1) is 11.6 Å². The molecule has 134 valence electrons. The van der Waals surface area contributed by atoms with Gasteiger partial charge < -0.3 is 14.6 Å². The molecule has 0 fully saturated rings. The summed E-state index contributed by atoms with van der Waals surface area (Å²) in [6.45, 7) is -0.0538. The van der Waals surface area contributed by atoms with Gasteiger partial charge in [-0.25, -0.2) is 21.9 Å². The summed E-state index contributed by atoms with van der Waals surface area (Å²) in [4.78, 5) is -0.773. The second kappa shape index (κ2) is 6.95. The van der Waals surface area contributed by atoms with E-state index in [0.717, 1.165) is 12.1 Å². The number of sulfonamides is 1. The van der Waals surface area contributed by atoms with Gasteiger partial charge in [-0.2, -0.15) is 0 Å². The van der Waals surface area contributed by atoms with E-state index in [4.69, 9.17) is 9.47 Å². The van der Waals surface area contributed by atoms with Gasteiger partial charge in [0.15, 0.2) is 11.5 Å². The smallest absolute Gasteiger partial charge is 0.243 e. The topological polar surface area (TPSA) is 84.9 Å². The van der Waals surface area contributed by atoms with Gasteiger partial charge in [0.05, 0.1) is 6.10 Å². The Morgan fingerprint density at radius 1 is 1.12 bits per heavy atom. The normalized spacial score (nSPS) is 14.5. The highest BCUT2D eigenvalue weighted by Gasteiger charge is 2.21. The van der Waals surface area contributed by atoms with Crippen LogP contribution in [-0.4, -0.2) is 26.9 Å². The van der Waals surface area contributed by atoms with E-state index < -0.39 is 32.7 Å². The van der Waals surface area contributed by atoms with Gasteiger partial charge in [0.2, 0.25) is 16.8 Å². The van der Waals surface area contributed by atoms with Gasteiger partial charge in [-0.15, -0.1) is 0 Å². The molecule has 25 heavy (non-hydrogen) atoms. The van der Waals surface area contributed by atoms with Crippen LogP contribution < -0.4 is 14.2 Å². The molecule has 0 bridgehead atoms. The van der Waals surface area contributed by atoms with Gasteiger partial charge >= 0.3 is 0 Å². The Hall–Kier alpha value is -2.23. The Balaban J connectivity index is 1.63. The quantitative estimate of drug-likeness (QED) is 0.812. The molecule has 1 atom stereocenters. The summed E-state index contributed by atoms with van der Waals surface area (Å²) >= 11 is 0. The number of aliphatic hydroxyl groups is 1. The van der Waals surface area contributed by atoms with Crippen LogP contribution in [0.5, 0.6) is 11.5 Å². The number of ether oxygens (including phenoxy) is 2. The average molecular weight is 371 g/mol. The minimum atomic E-state index is -4.22. The lowest BCUT2D eigenvalue weighted by molar-refractivity contribution is 0.166. The Morgan fingerprint density at radius 2 is 1.88 bits per heavy atom. The number of rotatable bonds is 6. The van der Waals surface area contributed by atoms with Crippen molar-refractivity contribution >= 4 is 10.0 Å². The number of nitrogens with one attached hydrogen (secondary N) is 1. The van der Waals surface area contributed by atoms with Crippen molar-refractivity contribution in [1.82, 2.24) is 4.72 Å². The zero-order valence-electron chi connectivity index (χ0n) is 12.9. The van der Waals surface area contributed by atoms with Crippen LogP contribution in [-0.2, 0) is 10.0 Å². The largest absolute Gasteiger partial charge is 0.454 e. The highest BCUT2D eigenvalue weighted by Crippen LogP contribution is 2.34. The molecule has 1 unspecified atom stereocenters. The number of benzene rings is 2. The third-order valence-corrected chi connectivity index (χ3v) is 5.15. The van der Waals surface area contributed by atoms with Crippen molar-refractivity contribution in [3.05, 3.63) is 53.6 Å². The van der Waals surface area contributed by atoms with Crippen molar-refractivity contribution in [2.24, 2.45) is 0 Å². The molecule has 6 nitrogen and oxygen atoms in total. The van der Waals surface area contributed by atoms with Crippen LogP contribution >= 0.6 is 0 Å². The zero-order valence-corrected chi connectivity index (χ0v) is 13.7. The predicted octanol–water partition coefficient (Wildman–Crippen LogP) is 2.10. The number of aliphatic hydroxyl groups excluding tert-OH is 1. The summed E-state index contributed by atoms with van der Waals surface area (Å²) < 4.78 is 63.3. The molecule has 3 rings (SSSR count). The standard InChI is InChI=1S/C16H15F2NO5S/c17-11-2-3-12(18)16(8-11)25(21,22)19-6-5-13(20)10-1-4-14-15(7-10)24-9-23-14/h1-4,7-8,13,19-20H,5-6,9H2. The van der Waals surface area contributed by atoms with Crippen molar-refractivity contribution in [2.75, 3.05) is 13.3 Å². The van der Waals surface area contributed by atoms with Gasteiger partial charge in [-0.1, -0.05) is 6.07 Å². The minimum absolute atomic E-state index is 0.0375. The Bertz CT molecular complexity index is 888. The summed E-state index contributed by atoms with van der Waals surface area (Å²) in [5.74, 6) is -0.843. The van der Waals surface area contributed by atoms with E-state index in [1.54, 1.807) is 18.2 Å². The molecule has 1 aliphatic rings. The molecule has 2 N–H and O–H groups in total. The van der Waals surface area contributed by atoms with Crippen molar-refractivity contribution in [3.63, 3.8) is 0 Å². The first-order chi connectivity index (χ1) is 11.9. The SMILES string of the molecule is O=S(=O)(NCCC(O)c1ccc2c(c1)OCO2)c1cc(F)ccc1F. The van der Waals surface area contributed by atoms with Gasteiger partial charge in [-0.3, -0.25) is 0 Å². The average Bonchev–Trinajstić information content (AvgIpc) is 3.04. The first-order valence-corrected chi connectivity index (χ1v) is 8.87. The van der Waals surface area contributed by atoms with Crippen molar-refractivity contribution in [2.45, 2.75) is 17.4 Å². The fraction of sp³-hybridized carbons (Fsp3) is 0.250. The Morgan fingerprint density at radius 3 is 2.68 bits per heavy atom. The molecular formula is C16H15F2NO5S. The fourth-order valence-electron chi connectivity index (χ4n) is 2.38. The minimum Gasteiger partial charge on any atom is -0.454 e. The Kier molecular flexibility index (Phi) is 4.89. The summed E-state index contributed by atoms with van der Waals surface area (Å²) in [5, 5.41) is 10.2. The van der Waals surface area contributed by atoms with Crippen LogP contribution in [0.1, 0.15) is 18.1 Å². The van der Waals surface area contributed by atoms with Crippen LogP contribution in [0.15, 0.2) is 41.3 Å². The van der Waals surface area contributed by atoms with Crippen molar-refractivity contribution in [3.8, 4) is 11.5 Å². The van der Waals surface area contributed by atoms with Crippen LogP contribution in [0.4, 0.5) is 8.78 Å². The van der Waals surface area contributed by atoms with Gasteiger partial charge in [-0.05, 0) is 42.3 Å². The maximum absolute atomic E-state index is 13.6. The molecule has 1 heterocycles. The summed E-state index contributed by atoms with van der Waals surface area (Å²) in [5.41, 5.74) is 0.528. The highest BCUT2D eigenvalue weighted by atomic mass is 32.2. The number of hydrogen-bond donors (Lipinski definition) is 2. The lowest BCUT2D eigenvalue weighted by atomic mass is 10.1. The maximum Gasteiger partial charge on any atom is 0.243 e. The molecule has 0 saturated heterocycles. The molecule has 9 heteroatoms. The lowest BCUT2D eigenvalue weighted by Crippen LogP contribution is -2.27. The van der Waals surface area contributed by atoms with E-state index >= 15 is 0 Å². The lowest BCUT2D eigenvalue weighted by Gasteiger charge is -2.13. The van der Waals surface area contributed by atoms with E-state index in [1.807, 2.05) is 0 Å². The molecule has 0 aromatic heterocycles. The number of hydrogen-bond acceptors (Lipinski definition) is 5. The summed E-state index contributed by atoms with van der Waals surface area (Å²) in [7, 11) is -4.22. The Labute approximate surface area is 143 Å². The molecular weight excluding hydrogens is 356 g/mol. The number of halogens is 2. The molecule has 2 aromatic rings. The monoisotopic (exact) mass is 371 g/mol. The van der Waals surface area contributed by atoms with Gasteiger partial charge in [0.1, 0.15) is 16.5 Å². The van der Waals surface area contributed by atoms with Crippen molar-refractivity contribution < 1.29 is 31.8 Å². The first kappa shape index (κ1) is 17.6. The van der Waals surface area contributed by atoms with Crippen LogP contribution in [0.25, 0.3) is 0 Å². The molecule has 0 spiro atoms. The zero-order chi connectivity index (χ0) is 18.0. The van der Waals surface area contributed by atoms with E-state index in [0.29, 0.717) is 23.1 Å². The molecule has 1 aliphatic heterocycles. The van der Waals surface area contributed by atoms with Crippen LogP contribution in [0.2, 0.25) is 0 Å². The molecule has 0 radical (unpaired) electrons. The van der Waals surface area contributed by atoms with E-state index in [-0.39, 0.29) is 19.8 Å². The van der Waals surface area contributed by atoms with E-state index in [9.17, 15) is 22.3 Å². The number of fused-ring (bicyclic) bond motifs is 1. The van der Waals surface area contributed by atoms with Gasteiger partial charge in [0.25, 0.3) is 0 Å². The van der Waals surface area contributed by atoms with Crippen molar-refractivity contribution in [1.29, 1.82) is 0 Å². The predicted molar refractivity (Wildman–Crippen MR) is 83.7 cm³/mol. The second-order valence-electron chi connectivity index (χ2n) is 5.39. The third kappa shape index (κ3) is 3.89. The molecule has 0 aliphatic carbocycles. The van der Waals surface area contributed by atoms with E-state index in [1.165, 1.54) is 0 Å².